The molecule has 0 bridgehead atoms. The fourth-order valence-electron chi connectivity index (χ4n) is 2.29. The lowest BCUT2D eigenvalue weighted by atomic mass is 9.73. The highest BCUT2D eigenvalue weighted by molar-refractivity contribution is 5.87. The summed E-state index contributed by atoms with van der Waals surface area (Å²) in [6.45, 7) is 0.952. The molecule has 1 saturated heterocycles. The Kier molecular flexibility index (Phi) is 3.40. The lowest BCUT2D eigenvalue weighted by molar-refractivity contribution is -0.130. The van der Waals surface area contributed by atoms with Gasteiger partial charge >= 0.3 is 0 Å². The Hall–Kier alpha value is -1.46. The molecule has 1 aromatic rings. The smallest absolute Gasteiger partial charge is 0.244 e. The first-order chi connectivity index (χ1) is 8.19. The number of nitrogens with one attached hydrogen (secondary N) is 1. The molecule has 0 unspecified atom stereocenters. The largest absolute Gasteiger partial charge is 0.381 e. The van der Waals surface area contributed by atoms with Crippen LogP contribution in [-0.4, -0.2) is 19.1 Å². The van der Waals surface area contributed by atoms with Crippen molar-refractivity contribution < 1.29 is 13.9 Å². The quantitative estimate of drug-likeness (QED) is 0.456. The molecule has 1 aliphatic rings. The number of nitrogens with two attached hydrogens (primary N) is 1. The Balaban J connectivity index is 2.42. The highest BCUT2D eigenvalue weighted by Crippen LogP contribution is 2.35. The summed E-state index contributed by atoms with van der Waals surface area (Å²) in [5.41, 5.74) is 2.06. The lowest BCUT2D eigenvalue weighted by Gasteiger charge is -2.35. The van der Waals surface area contributed by atoms with Crippen molar-refractivity contribution in [3.8, 4) is 0 Å². The molecule has 1 heterocycles. The van der Waals surface area contributed by atoms with Crippen molar-refractivity contribution in [3.05, 3.63) is 35.6 Å². The van der Waals surface area contributed by atoms with Crippen LogP contribution in [0.1, 0.15) is 18.4 Å². The van der Waals surface area contributed by atoms with Gasteiger partial charge in [-0.05, 0) is 30.5 Å². The molecule has 0 atom stereocenters. The molecule has 1 fully saturated rings. The predicted octanol–water partition coefficient (Wildman–Crippen LogP) is 0.864. The number of carbonyl (C=O) groups is 1. The number of benzene rings is 1. The maximum Gasteiger partial charge on any atom is 0.244 e. The monoisotopic (exact) mass is 238 g/mol. The van der Waals surface area contributed by atoms with E-state index in [4.69, 9.17) is 10.6 Å². The Morgan fingerprint density at radius 3 is 2.71 bits per heavy atom. The van der Waals surface area contributed by atoms with Gasteiger partial charge in [0.2, 0.25) is 5.91 Å². The molecular formula is C12H15FN2O2. The normalized spacial score (nSPS) is 18.7. The van der Waals surface area contributed by atoms with E-state index in [1.807, 2.05) is 0 Å². The molecule has 1 aromatic carbocycles. The van der Waals surface area contributed by atoms with Crippen LogP contribution in [0.3, 0.4) is 0 Å². The number of rotatable bonds is 2. The van der Waals surface area contributed by atoms with Crippen LogP contribution < -0.4 is 11.3 Å². The summed E-state index contributed by atoms with van der Waals surface area (Å²) in [5.74, 6) is 4.59. The topological polar surface area (TPSA) is 64.3 Å². The summed E-state index contributed by atoms with van der Waals surface area (Å²) in [6, 6.07) is 6.10. The van der Waals surface area contributed by atoms with Crippen molar-refractivity contribution >= 4 is 5.91 Å². The van der Waals surface area contributed by atoms with Gasteiger partial charge in [0.1, 0.15) is 5.82 Å². The molecule has 0 saturated carbocycles. The third-order valence-electron chi connectivity index (χ3n) is 3.29. The number of ether oxygens (including phenoxy) is 1. The van der Waals surface area contributed by atoms with Crippen LogP contribution >= 0.6 is 0 Å². The summed E-state index contributed by atoms with van der Waals surface area (Å²) in [6.07, 6.45) is 1.03. The van der Waals surface area contributed by atoms with Gasteiger partial charge in [-0.2, -0.15) is 0 Å². The zero-order valence-corrected chi connectivity index (χ0v) is 9.41. The average molecular weight is 238 g/mol. The maximum atomic E-state index is 13.3. The summed E-state index contributed by atoms with van der Waals surface area (Å²) in [4.78, 5) is 12.0. The molecule has 0 aromatic heterocycles. The standard InChI is InChI=1S/C12H15FN2O2/c13-10-3-1-2-9(8-10)12(11(16)15-14)4-6-17-7-5-12/h1-3,8H,4-7,14H2,(H,15,16). The van der Waals surface area contributed by atoms with Crippen molar-refractivity contribution in [1.82, 2.24) is 5.43 Å². The van der Waals surface area contributed by atoms with E-state index in [-0.39, 0.29) is 11.7 Å². The fourth-order valence-corrected chi connectivity index (χ4v) is 2.29. The average Bonchev–Trinajstić information content (AvgIpc) is 2.38. The van der Waals surface area contributed by atoms with Crippen LogP contribution in [0, 0.1) is 5.82 Å². The van der Waals surface area contributed by atoms with Gasteiger partial charge in [0.15, 0.2) is 0 Å². The second-order valence-electron chi connectivity index (χ2n) is 4.18. The van der Waals surface area contributed by atoms with Gasteiger partial charge in [-0.1, -0.05) is 12.1 Å². The summed E-state index contributed by atoms with van der Waals surface area (Å²) in [5, 5.41) is 0. The van der Waals surface area contributed by atoms with E-state index >= 15 is 0 Å². The van der Waals surface area contributed by atoms with Crippen LogP contribution in [0.15, 0.2) is 24.3 Å². The van der Waals surface area contributed by atoms with Crippen molar-refractivity contribution in [2.24, 2.45) is 5.84 Å². The minimum atomic E-state index is -0.769. The van der Waals surface area contributed by atoms with E-state index in [1.54, 1.807) is 12.1 Å². The number of hydrogen-bond acceptors (Lipinski definition) is 3. The highest BCUT2D eigenvalue weighted by Gasteiger charge is 2.41. The second kappa shape index (κ2) is 4.81. The molecular weight excluding hydrogens is 223 g/mol. The molecule has 17 heavy (non-hydrogen) atoms. The maximum absolute atomic E-state index is 13.3. The molecule has 2 rings (SSSR count). The first-order valence-electron chi connectivity index (χ1n) is 5.54. The number of halogens is 1. The summed E-state index contributed by atoms with van der Waals surface area (Å²) >= 11 is 0. The summed E-state index contributed by atoms with van der Waals surface area (Å²) in [7, 11) is 0. The number of carbonyl (C=O) groups excluding carboxylic acids is 1. The molecule has 0 aliphatic carbocycles. The second-order valence-corrected chi connectivity index (χ2v) is 4.18. The highest BCUT2D eigenvalue weighted by atomic mass is 19.1. The van der Waals surface area contributed by atoms with Crippen molar-refractivity contribution in [2.75, 3.05) is 13.2 Å². The van der Waals surface area contributed by atoms with Gasteiger partial charge in [0.25, 0.3) is 0 Å². The van der Waals surface area contributed by atoms with Crippen molar-refractivity contribution in [2.45, 2.75) is 18.3 Å². The number of hydrogen-bond donors (Lipinski definition) is 2. The van der Waals surface area contributed by atoms with E-state index in [1.165, 1.54) is 12.1 Å². The predicted molar refractivity (Wildman–Crippen MR) is 60.5 cm³/mol. The molecule has 0 spiro atoms. The van der Waals surface area contributed by atoms with Crippen LogP contribution in [0.2, 0.25) is 0 Å². The van der Waals surface area contributed by atoms with E-state index < -0.39 is 5.41 Å². The molecule has 3 N–H and O–H groups in total. The SMILES string of the molecule is NNC(=O)C1(c2cccc(F)c2)CCOCC1. The van der Waals surface area contributed by atoms with E-state index in [0.717, 1.165) is 0 Å². The lowest BCUT2D eigenvalue weighted by Crippen LogP contribution is -2.50. The third-order valence-corrected chi connectivity index (χ3v) is 3.29. The Bertz CT molecular complexity index is 417. The van der Waals surface area contributed by atoms with Crippen LogP contribution in [-0.2, 0) is 14.9 Å². The molecule has 92 valence electrons. The Morgan fingerprint density at radius 2 is 2.12 bits per heavy atom. The molecule has 1 aliphatic heterocycles. The van der Waals surface area contributed by atoms with Crippen LogP contribution in [0.25, 0.3) is 0 Å². The van der Waals surface area contributed by atoms with E-state index in [9.17, 15) is 9.18 Å². The minimum absolute atomic E-state index is 0.286. The Labute approximate surface area is 98.9 Å². The minimum Gasteiger partial charge on any atom is -0.381 e. The molecule has 0 radical (unpaired) electrons. The van der Waals surface area contributed by atoms with Crippen LogP contribution in [0.4, 0.5) is 4.39 Å². The van der Waals surface area contributed by atoms with E-state index in [2.05, 4.69) is 5.43 Å². The van der Waals surface area contributed by atoms with Gasteiger partial charge < -0.3 is 4.74 Å². The van der Waals surface area contributed by atoms with Crippen LogP contribution in [0.5, 0.6) is 0 Å². The van der Waals surface area contributed by atoms with Gasteiger partial charge in [-0.15, -0.1) is 0 Å². The first-order valence-corrected chi connectivity index (χ1v) is 5.54. The summed E-state index contributed by atoms with van der Waals surface area (Å²) < 4.78 is 18.5. The third kappa shape index (κ3) is 2.16. The zero-order valence-electron chi connectivity index (χ0n) is 9.41. The van der Waals surface area contributed by atoms with Gasteiger partial charge in [-0.25, -0.2) is 10.2 Å². The van der Waals surface area contributed by atoms with E-state index in [0.29, 0.717) is 31.6 Å². The van der Waals surface area contributed by atoms with Gasteiger partial charge in [0, 0.05) is 13.2 Å². The fraction of sp³-hybridized carbons (Fsp3) is 0.417. The van der Waals surface area contributed by atoms with Gasteiger partial charge in [0.05, 0.1) is 5.41 Å². The number of hydrazine groups is 1. The molecule has 1 amide bonds. The number of amides is 1. The molecule has 5 heteroatoms. The first kappa shape index (κ1) is 12.0. The molecule has 4 nitrogen and oxygen atoms in total. The van der Waals surface area contributed by atoms with Gasteiger partial charge in [-0.3, -0.25) is 10.2 Å². The zero-order chi connectivity index (χ0) is 12.3. The Morgan fingerprint density at radius 1 is 1.41 bits per heavy atom. The van der Waals surface area contributed by atoms with Crippen molar-refractivity contribution in [1.29, 1.82) is 0 Å². The van der Waals surface area contributed by atoms with Crippen molar-refractivity contribution in [3.63, 3.8) is 0 Å².